The molecule has 0 aliphatic carbocycles. The first-order valence-corrected chi connectivity index (χ1v) is 10.0. The molecule has 0 saturated carbocycles. The van der Waals surface area contributed by atoms with E-state index in [0.717, 1.165) is 42.6 Å². The number of ether oxygens (including phenoxy) is 2. The van der Waals surface area contributed by atoms with E-state index in [4.69, 9.17) is 14.5 Å². The van der Waals surface area contributed by atoms with Crippen molar-refractivity contribution in [3.8, 4) is 11.5 Å². The summed E-state index contributed by atoms with van der Waals surface area (Å²) >= 11 is 0. The molecule has 0 unspecified atom stereocenters. The summed E-state index contributed by atoms with van der Waals surface area (Å²) in [4.78, 5) is 4.70. The Hall–Kier alpha value is -2.77. The molecule has 8 heteroatoms. The Bertz CT molecular complexity index is 802. The van der Waals surface area contributed by atoms with Crippen LogP contribution in [0.25, 0.3) is 0 Å². The monoisotopic (exact) mass is 386 g/mol. The fourth-order valence-electron chi connectivity index (χ4n) is 3.28. The van der Waals surface area contributed by atoms with Crippen molar-refractivity contribution in [2.45, 2.75) is 52.6 Å². The summed E-state index contributed by atoms with van der Waals surface area (Å²) in [7, 11) is 1.64. The summed E-state index contributed by atoms with van der Waals surface area (Å²) < 4.78 is 13.2. The van der Waals surface area contributed by atoms with Gasteiger partial charge >= 0.3 is 0 Å². The molecule has 0 saturated heterocycles. The van der Waals surface area contributed by atoms with E-state index in [1.165, 1.54) is 19.3 Å². The van der Waals surface area contributed by atoms with Gasteiger partial charge in [-0.25, -0.2) is 4.99 Å². The molecule has 152 valence electrons. The van der Waals surface area contributed by atoms with Gasteiger partial charge in [0.05, 0.1) is 13.7 Å². The van der Waals surface area contributed by atoms with Crippen LogP contribution in [0.5, 0.6) is 11.5 Å². The third kappa shape index (κ3) is 4.94. The SMILES string of the molecule is CCNC(=NCc1nnc2n1CCCCC2)Nc1ccc(OCC)c(OC)c1. The van der Waals surface area contributed by atoms with Crippen molar-refractivity contribution in [2.75, 3.05) is 25.6 Å². The highest BCUT2D eigenvalue weighted by Gasteiger charge is 2.14. The highest BCUT2D eigenvalue weighted by atomic mass is 16.5. The molecule has 1 aliphatic rings. The van der Waals surface area contributed by atoms with Crippen molar-refractivity contribution in [1.29, 1.82) is 0 Å². The molecule has 0 fully saturated rings. The summed E-state index contributed by atoms with van der Waals surface area (Å²) in [6, 6.07) is 5.75. The Morgan fingerprint density at radius 3 is 2.86 bits per heavy atom. The highest BCUT2D eigenvalue weighted by Crippen LogP contribution is 2.30. The summed E-state index contributed by atoms with van der Waals surface area (Å²) in [5.74, 6) is 4.10. The van der Waals surface area contributed by atoms with Crippen molar-refractivity contribution in [2.24, 2.45) is 4.99 Å². The van der Waals surface area contributed by atoms with Crippen molar-refractivity contribution in [1.82, 2.24) is 20.1 Å². The van der Waals surface area contributed by atoms with Crippen molar-refractivity contribution in [3.05, 3.63) is 29.8 Å². The molecule has 0 amide bonds. The molecular formula is C20H30N6O2. The lowest BCUT2D eigenvalue weighted by Gasteiger charge is -2.14. The molecule has 0 bridgehead atoms. The molecule has 1 aliphatic heterocycles. The Morgan fingerprint density at radius 1 is 1.18 bits per heavy atom. The highest BCUT2D eigenvalue weighted by molar-refractivity contribution is 5.93. The molecule has 2 heterocycles. The molecule has 0 radical (unpaired) electrons. The van der Waals surface area contributed by atoms with E-state index in [-0.39, 0.29) is 0 Å². The number of rotatable bonds is 7. The quantitative estimate of drug-likeness (QED) is 0.562. The summed E-state index contributed by atoms with van der Waals surface area (Å²) in [5.41, 5.74) is 0.875. The van der Waals surface area contributed by atoms with Gasteiger partial charge in [0.2, 0.25) is 0 Å². The van der Waals surface area contributed by atoms with Crippen LogP contribution in [0.2, 0.25) is 0 Å². The van der Waals surface area contributed by atoms with Crippen LogP contribution in [0.4, 0.5) is 5.69 Å². The van der Waals surface area contributed by atoms with E-state index in [1.54, 1.807) is 7.11 Å². The number of nitrogens with zero attached hydrogens (tertiary/aromatic N) is 4. The molecule has 1 aromatic carbocycles. The molecule has 8 nitrogen and oxygen atoms in total. The molecule has 0 atom stereocenters. The zero-order valence-electron chi connectivity index (χ0n) is 17.0. The molecule has 2 N–H and O–H groups in total. The van der Waals surface area contributed by atoms with Gasteiger partial charge < -0.3 is 24.7 Å². The van der Waals surface area contributed by atoms with Gasteiger partial charge in [-0.1, -0.05) is 6.42 Å². The van der Waals surface area contributed by atoms with Gasteiger partial charge in [-0.3, -0.25) is 0 Å². The number of anilines is 1. The molecule has 1 aromatic heterocycles. The molecular weight excluding hydrogens is 356 g/mol. The third-order valence-electron chi connectivity index (χ3n) is 4.64. The van der Waals surface area contributed by atoms with Crippen LogP contribution >= 0.6 is 0 Å². The number of methoxy groups -OCH3 is 1. The number of aliphatic imine (C=N–C) groups is 1. The predicted octanol–water partition coefficient (Wildman–Crippen LogP) is 2.99. The maximum atomic E-state index is 5.58. The topological polar surface area (TPSA) is 85.6 Å². The minimum Gasteiger partial charge on any atom is -0.493 e. The Balaban J connectivity index is 1.74. The summed E-state index contributed by atoms with van der Waals surface area (Å²) in [6.07, 6.45) is 4.61. The molecule has 0 spiro atoms. The van der Waals surface area contributed by atoms with E-state index >= 15 is 0 Å². The number of nitrogens with one attached hydrogen (secondary N) is 2. The van der Waals surface area contributed by atoms with Crippen molar-refractivity contribution in [3.63, 3.8) is 0 Å². The van der Waals surface area contributed by atoms with Crippen LogP contribution in [0, 0.1) is 0 Å². The number of aryl methyl sites for hydroxylation is 1. The minimum absolute atomic E-state index is 0.483. The lowest BCUT2D eigenvalue weighted by Crippen LogP contribution is -2.30. The first kappa shape index (κ1) is 20.0. The second-order valence-electron chi connectivity index (χ2n) is 6.61. The Morgan fingerprint density at radius 2 is 2.07 bits per heavy atom. The average Bonchev–Trinajstić information content (AvgIpc) is 2.93. The van der Waals surface area contributed by atoms with E-state index in [1.807, 2.05) is 32.0 Å². The summed E-state index contributed by atoms with van der Waals surface area (Å²) in [5, 5.41) is 15.3. The maximum Gasteiger partial charge on any atom is 0.196 e. The normalized spacial score (nSPS) is 14.2. The molecule has 2 aromatic rings. The third-order valence-corrected chi connectivity index (χ3v) is 4.64. The van der Waals surface area contributed by atoms with E-state index in [2.05, 4.69) is 25.4 Å². The molecule has 28 heavy (non-hydrogen) atoms. The molecule has 3 rings (SSSR count). The van der Waals surface area contributed by atoms with E-state index in [9.17, 15) is 0 Å². The van der Waals surface area contributed by atoms with Crippen LogP contribution < -0.4 is 20.1 Å². The maximum absolute atomic E-state index is 5.58. The lowest BCUT2D eigenvalue weighted by atomic mass is 10.2. The first-order valence-electron chi connectivity index (χ1n) is 10.0. The zero-order chi connectivity index (χ0) is 19.8. The number of benzene rings is 1. The van der Waals surface area contributed by atoms with Crippen LogP contribution in [0.15, 0.2) is 23.2 Å². The Kier molecular flexibility index (Phi) is 7.11. The lowest BCUT2D eigenvalue weighted by molar-refractivity contribution is 0.311. The standard InChI is InChI=1S/C20H30N6O2/c1-4-21-20(23-15-10-11-16(28-5-2)17(13-15)27-3)22-14-19-25-24-18-9-7-6-8-12-26(18)19/h10-11,13H,4-9,12,14H2,1-3H3,(H2,21,22,23). The number of fused-ring (bicyclic) bond motifs is 1. The average molecular weight is 387 g/mol. The van der Waals surface area contributed by atoms with Gasteiger partial charge in [-0.2, -0.15) is 0 Å². The zero-order valence-corrected chi connectivity index (χ0v) is 17.0. The van der Waals surface area contributed by atoms with Crippen molar-refractivity contribution < 1.29 is 9.47 Å². The number of guanidine groups is 1. The van der Waals surface area contributed by atoms with Crippen molar-refractivity contribution >= 4 is 11.6 Å². The van der Waals surface area contributed by atoms with Crippen LogP contribution in [0.3, 0.4) is 0 Å². The second-order valence-corrected chi connectivity index (χ2v) is 6.61. The second kappa shape index (κ2) is 9.96. The first-order chi connectivity index (χ1) is 13.7. The Labute approximate surface area is 166 Å². The largest absolute Gasteiger partial charge is 0.493 e. The van der Waals surface area contributed by atoms with Gasteiger partial charge in [0.1, 0.15) is 12.4 Å². The van der Waals surface area contributed by atoms with Crippen LogP contribution in [-0.2, 0) is 19.5 Å². The van der Waals surface area contributed by atoms with Crippen LogP contribution in [-0.4, -0.2) is 41.0 Å². The predicted molar refractivity (Wildman–Crippen MR) is 110 cm³/mol. The number of aromatic nitrogens is 3. The van der Waals surface area contributed by atoms with E-state index in [0.29, 0.717) is 24.9 Å². The van der Waals surface area contributed by atoms with Gasteiger partial charge in [0, 0.05) is 31.3 Å². The fraction of sp³-hybridized carbons (Fsp3) is 0.550. The van der Waals surface area contributed by atoms with Gasteiger partial charge in [0.15, 0.2) is 23.3 Å². The van der Waals surface area contributed by atoms with Gasteiger partial charge in [0.25, 0.3) is 0 Å². The van der Waals surface area contributed by atoms with Gasteiger partial charge in [-0.05, 0) is 38.8 Å². The smallest absolute Gasteiger partial charge is 0.196 e. The summed E-state index contributed by atoms with van der Waals surface area (Å²) in [6.45, 7) is 6.81. The van der Waals surface area contributed by atoms with E-state index < -0.39 is 0 Å². The number of hydrogen-bond donors (Lipinski definition) is 2. The van der Waals surface area contributed by atoms with Crippen LogP contribution in [0.1, 0.15) is 44.8 Å². The number of hydrogen-bond acceptors (Lipinski definition) is 5. The fourth-order valence-corrected chi connectivity index (χ4v) is 3.28. The van der Waals surface area contributed by atoms with Gasteiger partial charge in [-0.15, -0.1) is 10.2 Å². The minimum atomic E-state index is 0.483.